The maximum absolute atomic E-state index is 6.70. The molecule has 5 aromatic rings. The maximum atomic E-state index is 6.70. The predicted molar refractivity (Wildman–Crippen MR) is 144 cm³/mol. The van der Waals surface area contributed by atoms with E-state index in [0.717, 1.165) is 28.0 Å². The van der Waals surface area contributed by atoms with Crippen molar-refractivity contribution in [3.8, 4) is 28.4 Å². The molecule has 2 heterocycles. The van der Waals surface area contributed by atoms with E-state index >= 15 is 0 Å². The standard InChI is InChI=1S/C27H26ClN5O3/c1-15-6-5-7-18(28)22(15)23-24-19(12-21(35-3)25(23)36-4)33-20(26(29)32-24)14-31-27(33)30-13-16-8-10-17(34-2)11-9-16/h5-12,14H,13H2,1-4H3,(H2,29,32)(H,30,31). The molecule has 184 valence electrons. The van der Waals surface area contributed by atoms with E-state index in [9.17, 15) is 0 Å². The molecule has 0 saturated carbocycles. The zero-order valence-electron chi connectivity index (χ0n) is 20.4. The summed E-state index contributed by atoms with van der Waals surface area (Å²) in [4.78, 5) is 9.38. The molecule has 0 bridgehead atoms. The van der Waals surface area contributed by atoms with Gasteiger partial charge in [-0.2, -0.15) is 0 Å². The van der Waals surface area contributed by atoms with E-state index in [2.05, 4.69) is 10.3 Å². The lowest BCUT2D eigenvalue weighted by Gasteiger charge is -2.19. The number of nitrogen functional groups attached to an aromatic ring is 1. The number of anilines is 2. The summed E-state index contributed by atoms with van der Waals surface area (Å²) in [6.07, 6.45) is 1.70. The Hall–Kier alpha value is -4.17. The molecule has 8 nitrogen and oxygen atoms in total. The molecule has 2 aromatic heterocycles. The second-order valence-electron chi connectivity index (χ2n) is 8.29. The molecule has 0 amide bonds. The number of rotatable bonds is 7. The van der Waals surface area contributed by atoms with Crippen LogP contribution in [0.1, 0.15) is 11.1 Å². The van der Waals surface area contributed by atoms with Crippen LogP contribution in [0, 0.1) is 6.92 Å². The van der Waals surface area contributed by atoms with Crippen LogP contribution in [0.4, 0.5) is 11.8 Å². The monoisotopic (exact) mass is 503 g/mol. The first-order chi connectivity index (χ1) is 17.5. The molecule has 0 saturated heterocycles. The van der Waals surface area contributed by atoms with Crippen molar-refractivity contribution in [2.75, 3.05) is 32.4 Å². The zero-order valence-corrected chi connectivity index (χ0v) is 21.2. The van der Waals surface area contributed by atoms with Gasteiger partial charge in [-0.3, -0.25) is 4.40 Å². The topological polar surface area (TPSA) is 95.9 Å². The van der Waals surface area contributed by atoms with Gasteiger partial charge in [0.15, 0.2) is 11.5 Å². The fourth-order valence-electron chi connectivity index (χ4n) is 4.44. The summed E-state index contributed by atoms with van der Waals surface area (Å²) in [5, 5.41) is 3.99. The molecular formula is C27H26ClN5O3. The van der Waals surface area contributed by atoms with E-state index in [1.165, 1.54) is 0 Å². The molecule has 0 aliphatic carbocycles. The number of nitrogens with one attached hydrogen (secondary N) is 1. The summed E-state index contributed by atoms with van der Waals surface area (Å²) < 4.78 is 18.8. The van der Waals surface area contributed by atoms with Crippen LogP contribution in [0.15, 0.2) is 54.7 Å². The minimum Gasteiger partial charge on any atom is -0.497 e. The van der Waals surface area contributed by atoms with Gasteiger partial charge >= 0.3 is 0 Å². The van der Waals surface area contributed by atoms with Gasteiger partial charge in [0.1, 0.15) is 22.6 Å². The molecule has 3 aromatic carbocycles. The molecule has 0 aliphatic heterocycles. The number of benzene rings is 3. The van der Waals surface area contributed by atoms with Gasteiger partial charge in [-0.15, -0.1) is 0 Å². The Bertz CT molecular complexity index is 1560. The van der Waals surface area contributed by atoms with Crippen LogP contribution in [0.25, 0.3) is 27.7 Å². The Balaban J connectivity index is 1.75. The molecule has 36 heavy (non-hydrogen) atoms. The quantitative estimate of drug-likeness (QED) is 0.292. The highest BCUT2D eigenvalue weighted by Crippen LogP contribution is 2.47. The average Bonchev–Trinajstić information content (AvgIpc) is 3.32. The van der Waals surface area contributed by atoms with Gasteiger partial charge in [0.2, 0.25) is 5.95 Å². The first kappa shape index (κ1) is 23.6. The lowest BCUT2D eigenvalue weighted by molar-refractivity contribution is 0.357. The molecule has 9 heteroatoms. The molecule has 0 aliphatic rings. The van der Waals surface area contributed by atoms with Crippen LogP contribution >= 0.6 is 11.6 Å². The largest absolute Gasteiger partial charge is 0.497 e. The van der Waals surface area contributed by atoms with E-state index in [-0.39, 0.29) is 0 Å². The van der Waals surface area contributed by atoms with Crippen LogP contribution in [0.5, 0.6) is 17.2 Å². The van der Waals surface area contributed by atoms with E-state index in [4.69, 9.17) is 36.5 Å². The first-order valence-electron chi connectivity index (χ1n) is 11.3. The Labute approximate surface area is 213 Å². The number of nitrogens with two attached hydrogens (primary N) is 1. The van der Waals surface area contributed by atoms with Crippen molar-refractivity contribution in [1.82, 2.24) is 14.4 Å². The van der Waals surface area contributed by atoms with Crippen LogP contribution in [0.2, 0.25) is 5.02 Å². The number of halogens is 1. The fraction of sp³-hybridized carbons (Fsp3) is 0.185. The lowest BCUT2D eigenvalue weighted by atomic mass is 9.97. The Morgan fingerprint density at radius 3 is 2.42 bits per heavy atom. The molecule has 3 N–H and O–H groups in total. The summed E-state index contributed by atoms with van der Waals surface area (Å²) >= 11 is 6.70. The number of hydrogen-bond donors (Lipinski definition) is 2. The number of fused-ring (bicyclic) bond motifs is 3. The molecule has 0 radical (unpaired) electrons. The van der Waals surface area contributed by atoms with Gasteiger partial charge in [-0.1, -0.05) is 35.9 Å². The second kappa shape index (κ2) is 9.47. The van der Waals surface area contributed by atoms with Crippen molar-refractivity contribution < 1.29 is 14.2 Å². The minimum absolute atomic E-state index is 0.339. The lowest BCUT2D eigenvalue weighted by Crippen LogP contribution is -2.07. The smallest absolute Gasteiger partial charge is 0.208 e. The van der Waals surface area contributed by atoms with E-state index < -0.39 is 0 Å². The van der Waals surface area contributed by atoms with E-state index in [0.29, 0.717) is 51.4 Å². The van der Waals surface area contributed by atoms with Crippen molar-refractivity contribution in [2.45, 2.75) is 13.5 Å². The third kappa shape index (κ3) is 3.89. The van der Waals surface area contributed by atoms with Crippen molar-refractivity contribution in [1.29, 1.82) is 0 Å². The van der Waals surface area contributed by atoms with Gasteiger partial charge in [0.25, 0.3) is 0 Å². The highest BCUT2D eigenvalue weighted by Gasteiger charge is 2.24. The second-order valence-corrected chi connectivity index (χ2v) is 8.69. The average molecular weight is 504 g/mol. The van der Waals surface area contributed by atoms with Gasteiger partial charge in [0, 0.05) is 23.2 Å². The van der Waals surface area contributed by atoms with Crippen LogP contribution in [-0.2, 0) is 6.54 Å². The fourth-order valence-corrected chi connectivity index (χ4v) is 4.75. The first-order valence-corrected chi connectivity index (χ1v) is 11.7. The van der Waals surface area contributed by atoms with Crippen molar-refractivity contribution in [3.63, 3.8) is 0 Å². The molecule has 5 rings (SSSR count). The highest BCUT2D eigenvalue weighted by molar-refractivity contribution is 6.34. The van der Waals surface area contributed by atoms with Crippen LogP contribution in [0.3, 0.4) is 0 Å². The highest BCUT2D eigenvalue weighted by atomic mass is 35.5. The summed E-state index contributed by atoms with van der Waals surface area (Å²) in [6.45, 7) is 2.55. The van der Waals surface area contributed by atoms with Crippen LogP contribution < -0.4 is 25.3 Å². The SMILES string of the molecule is COc1ccc(CNc2ncc3c(N)nc4c(-c5c(C)cccc5Cl)c(OC)c(OC)cc4n23)cc1. The Morgan fingerprint density at radius 1 is 0.972 bits per heavy atom. The number of aromatic nitrogens is 3. The van der Waals surface area contributed by atoms with E-state index in [1.54, 1.807) is 27.5 Å². The summed E-state index contributed by atoms with van der Waals surface area (Å²) in [5.41, 5.74) is 12.0. The molecular weight excluding hydrogens is 478 g/mol. The van der Waals surface area contributed by atoms with Crippen LogP contribution in [-0.4, -0.2) is 35.7 Å². The third-order valence-corrected chi connectivity index (χ3v) is 6.52. The molecule has 0 atom stereocenters. The molecule has 0 fully saturated rings. The maximum Gasteiger partial charge on any atom is 0.208 e. The number of nitrogens with zero attached hydrogens (tertiary/aromatic N) is 3. The number of methoxy groups -OCH3 is 3. The minimum atomic E-state index is 0.339. The predicted octanol–water partition coefficient (Wildman–Crippen LogP) is 5.73. The number of hydrogen-bond acceptors (Lipinski definition) is 7. The third-order valence-electron chi connectivity index (χ3n) is 6.20. The Morgan fingerprint density at radius 2 is 1.75 bits per heavy atom. The van der Waals surface area contributed by atoms with Gasteiger partial charge < -0.3 is 25.3 Å². The van der Waals surface area contributed by atoms with Gasteiger partial charge in [-0.05, 0) is 36.2 Å². The van der Waals surface area contributed by atoms with Gasteiger partial charge in [0.05, 0.1) is 38.6 Å². The Kier molecular flexibility index (Phi) is 6.20. The molecule has 0 unspecified atom stereocenters. The summed E-state index contributed by atoms with van der Waals surface area (Å²) in [6, 6.07) is 15.5. The number of aryl methyl sites for hydroxylation is 1. The summed E-state index contributed by atoms with van der Waals surface area (Å²) in [7, 11) is 4.85. The van der Waals surface area contributed by atoms with Crippen molar-refractivity contribution in [2.24, 2.45) is 0 Å². The van der Waals surface area contributed by atoms with Gasteiger partial charge in [-0.25, -0.2) is 9.97 Å². The number of ether oxygens (including phenoxy) is 3. The van der Waals surface area contributed by atoms with Crippen molar-refractivity contribution >= 4 is 39.9 Å². The zero-order chi connectivity index (χ0) is 25.4. The normalized spacial score (nSPS) is 11.1. The molecule has 0 spiro atoms. The number of imidazole rings is 1. The van der Waals surface area contributed by atoms with Crippen molar-refractivity contribution in [3.05, 3.63) is 70.9 Å². The summed E-state index contributed by atoms with van der Waals surface area (Å²) in [5.74, 6) is 2.83. The van der Waals surface area contributed by atoms with E-state index in [1.807, 2.05) is 59.9 Å².